The number of nitrogens with zero attached hydrogens (tertiary/aromatic N) is 1. The monoisotopic (exact) mass is 214 g/mol. The van der Waals surface area contributed by atoms with Gasteiger partial charge in [-0.2, -0.15) is 0 Å². The smallest absolute Gasteiger partial charge is 0.259 e. The van der Waals surface area contributed by atoms with Crippen LogP contribution in [0.25, 0.3) is 0 Å². The summed E-state index contributed by atoms with van der Waals surface area (Å²) >= 11 is 0. The van der Waals surface area contributed by atoms with Crippen LogP contribution in [0.2, 0.25) is 0 Å². The van der Waals surface area contributed by atoms with Gasteiger partial charge in [-0.1, -0.05) is 12.1 Å². The summed E-state index contributed by atoms with van der Waals surface area (Å²) in [6, 6.07) is 4.19. The molecule has 1 aromatic rings. The summed E-state index contributed by atoms with van der Waals surface area (Å²) < 4.78 is 38.8. The predicted molar refractivity (Wildman–Crippen MR) is 49.7 cm³/mol. The van der Waals surface area contributed by atoms with Crippen molar-refractivity contribution in [2.45, 2.75) is 5.75 Å². The molecule has 1 aliphatic rings. The highest BCUT2D eigenvalue weighted by Gasteiger charge is 2.24. The molecule has 2 rings (SSSR count). The van der Waals surface area contributed by atoms with Crippen LogP contribution >= 0.6 is 0 Å². The first-order chi connectivity index (χ1) is 6.49. The van der Waals surface area contributed by atoms with Gasteiger partial charge in [-0.05, 0) is 11.6 Å². The zero-order chi connectivity index (χ0) is 10.3. The fourth-order valence-corrected chi connectivity index (χ4v) is 2.49. The molecule has 0 spiro atoms. The number of fused-ring (bicyclic) bond motifs is 1. The van der Waals surface area contributed by atoms with E-state index in [9.17, 15) is 12.8 Å². The van der Waals surface area contributed by atoms with E-state index in [-0.39, 0.29) is 17.2 Å². The number of amidine groups is 1. The molecule has 0 bridgehead atoms. The zero-order valence-corrected chi connectivity index (χ0v) is 7.88. The zero-order valence-electron chi connectivity index (χ0n) is 7.07. The van der Waals surface area contributed by atoms with Gasteiger partial charge in [0.25, 0.3) is 10.0 Å². The van der Waals surface area contributed by atoms with E-state index < -0.39 is 15.8 Å². The lowest BCUT2D eigenvalue weighted by atomic mass is 10.1. The SMILES string of the molecule is NC1=NS(=O)(=O)Cc2cccc(F)c21. The summed E-state index contributed by atoms with van der Waals surface area (Å²) in [6.07, 6.45) is 0. The maximum atomic E-state index is 13.2. The molecule has 14 heavy (non-hydrogen) atoms. The number of halogens is 1. The quantitative estimate of drug-likeness (QED) is 0.678. The summed E-state index contributed by atoms with van der Waals surface area (Å²) in [4.78, 5) is 0. The lowest BCUT2D eigenvalue weighted by Gasteiger charge is -2.13. The van der Waals surface area contributed by atoms with Crippen molar-refractivity contribution >= 4 is 15.9 Å². The van der Waals surface area contributed by atoms with Crippen molar-refractivity contribution in [3.05, 3.63) is 35.1 Å². The Morgan fingerprint density at radius 2 is 2.14 bits per heavy atom. The van der Waals surface area contributed by atoms with Crippen LogP contribution in [0.1, 0.15) is 11.1 Å². The van der Waals surface area contributed by atoms with Crippen LogP contribution in [-0.4, -0.2) is 14.3 Å². The van der Waals surface area contributed by atoms with E-state index in [0.717, 1.165) is 0 Å². The van der Waals surface area contributed by atoms with Crippen LogP contribution in [0.5, 0.6) is 0 Å². The Hall–Kier alpha value is -1.43. The maximum absolute atomic E-state index is 13.2. The van der Waals surface area contributed by atoms with Crippen molar-refractivity contribution < 1.29 is 12.8 Å². The molecule has 4 nitrogen and oxygen atoms in total. The van der Waals surface area contributed by atoms with Gasteiger partial charge >= 0.3 is 0 Å². The lowest BCUT2D eigenvalue weighted by Crippen LogP contribution is -2.25. The molecular formula is C8H7FN2O2S. The van der Waals surface area contributed by atoms with Crippen LogP contribution in [0.15, 0.2) is 22.6 Å². The van der Waals surface area contributed by atoms with Gasteiger partial charge in [0.05, 0.1) is 11.3 Å². The topological polar surface area (TPSA) is 72.5 Å². The Labute approximate surface area is 80.3 Å². The summed E-state index contributed by atoms with van der Waals surface area (Å²) in [5.41, 5.74) is 5.81. The van der Waals surface area contributed by atoms with Crippen LogP contribution in [0.3, 0.4) is 0 Å². The van der Waals surface area contributed by atoms with Crippen molar-refractivity contribution in [3.63, 3.8) is 0 Å². The number of hydrogen-bond donors (Lipinski definition) is 1. The van der Waals surface area contributed by atoms with Crippen molar-refractivity contribution in [1.29, 1.82) is 0 Å². The molecule has 2 N–H and O–H groups in total. The first-order valence-electron chi connectivity index (χ1n) is 3.85. The normalized spacial score (nSPS) is 18.5. The number of nitrogens with two attached hydrogens (primary N) is 1. The minimum Gasteiger partial charge on any atom is -0.382 e. The third kappa shape index (κ3) is 1.37. The molecule has 1 aliphatic heterocycles. The maximum Gasteiger partial charge on any atom is 0.259 e. The number of hydrogen-bond acceptors (Lipinski definition) is 3. The minimum absolute atomic E-state index is 0.0994. The Balaban J connectivity index is 2.74. The van der Waals surface area contributed by atoms with E-state index in [1.54, 1.807) is 0 Å². The van der Waals surface area contributed by atoms with Gasteiger partial charge in [0.15, 0.2) is 0 Å². The summed E-state index contributed by atoms with van der Waals surface area (Å²) in [6.45, 7) is 0. The van der Waals surface area contributed by atoms with Gasteiger partial charge in [0.2, 0.25) is 0 Å². The first kappa shape index (κ1) is 9.14. The largest absolute Gasteiger partial charge is 0.382 e. The predicted octanol–water partition coefficient (Wildman–Crippen LogP) is 0.374. The Bertz CT molecular complexity index is 522. The highest BCUT2D eigenvalue weighted by molar-refractivity contribution is 7.89. The summed E-state index contributed by atoms with van der Waals surface area (Å²) in [7, 11) is -3.57. The van der Waals surface area contributed by atoms with E-state index in [1.165, 1.54) is 18.2 Å². The van der Waals surface area contributed by atoms with Gasteiger partial charge in [-0.15, -0.1) is 4.40 Å². The van der Waals surface area contributed by atoms with Crippen LogP contribution < -0.4 is 5.73 Å². The average Bonchev–Trinajstić information content (AvgIpc) is 2.00. The van der Waals surface area contributed by atoms with Crippen molar-refractivity contribution in [2.75, 3.05) is 0 Å². The molecule has 0 fully saturated rings. The van der Waals surface area contributed by atoms with Crippen molar-refractivity contribution in [2.24, 2.45) is 10.1 Å². The second-order valence-electron chi connectivity index (χ2n) is 2.98. The van der Waals surface area contributed by atoms with E-state index in [2.05, 4.69) is 4.40 Å². The standard InChI is InChI=1S/C8H7FN2O2S/c9-6-3-1-2-5-4-14(12,13)11-8(10)7(5)6/h1-3H,4H2,(H2,10,11). The second kappa shape index (κ2) is 2.78. The molecule has 0 radical (unpaired) electrons. The number of rotatable bonds is 0. The van der Waals surface area contributed by atoms with Gasteiger partial charge in [-0.25, -0.2) is 12.8 Å². The molecule has 0 saturated heterocycles. The van der Waals surface area contributed by atoms with E-state index >= 15 is 0 Å². The van der Waals surface area contributed by atoms with Gasteiger partial charge in [-0.3, -0.25) is 0 Å². The molecule has 6 heteroatoms. The molecular weight excluding hydrogens is 207 g/mol. The van der Waals surface area contributed by atoms with E-state index in [4.69, 9.17) is 5.73 Å². The molecule has 0 amide bonds. The third-order valence-electron chi connectivity index (χ3n) is 1.93. The first-order valence-corrected chi connectivity index (χ1v) is 5.46. The number of sulfonamides is 1. The third-order valence-corrected chi connectivity index (χ3v) is 3.08. The molecule has 0 aliphatic carbocycles. The van der Waals surface area contributed by atoms with Crippen LogP contribution in [0.4, 0.5) is 4.39 Å². The summed E-state index contributed by atoms with van der Waals surface area (Å²) in [5.74, 6) is -1.11. The molecule has 74 valence electrons. The molecule has 1 aromatic carbocycles. The number of benzene rings is 1. The van der Waals surface area contributed by atoms with Gasteiger partial charge in [0, 0.05) is 0 Å². The fraction of sp³-hybridized carbons (Fsp3) is 0.125. The van der Waals surface area contributed by atoms with E-state index in [1.807, 2.05) is 0 Å². The highest BCUT2D eigenvalue weighted by atomic mass is 32.2. The minimum atomic E-state index is -3.57. The summed E-state index contributed by atoms with van der Waals surface area (Å²) in [5, 5.41) is 0. The second-order valence-corrected chi connectivity index (χ2v) is 4.61. The average molecular weight is 214 g/mol. The Morgan fingerprint density at radius 1 is 1.43 bits per heavy atom. The fourth-order valence-electron chi connectivity index (χ4n) is 1.40. The molecule has 0 atom stereocenters. The molecule has 0 unspecified atom stereocenters. The lowest BCUT2D eigenvalue weighted by molar-refractivity contribution is 0.594. The Morgan fingerprint density at radius 3 is 2.86 bits per heavy atom. The van der Waals surface area contributed by atoms with Crippen LogP contribution in [0, 0.1) is 5.82 Å². The van der Waals surface area contributed by atoms with E-state index in [0.29, 0.717) is 5.56 Å². The van der Waals surface area contributed by atoms with Crippen molar-refractivity contribution in [1.82, 2.24) is 0 Å². The van der Waals surface area contributed by atoms with Gasteiger partial charge < -0.3 is 5.73 Å². The highest BCUT2D eigenvalue weighted by Crippen LogP contribution is 2.21. The van der Waals surface area contributed by atoms with Crippen molar-refractivity contribution in [3.8, 4) is 0 Å². The molecule has 0 saturated carbocycles. The van der Waals surface area contributed by atoms with Crippen LogP contribution in [-0.2, 0) is 15.8 Å². The van der Waals surface area contributed by atoms with Gasteiger partial charge in [0.1, 0.15) is 11.7 Å². The Kier molecular flexibility index (Phi) is 1.81. The molecule has 0 aromatic heterocycles. The molecule has 1 heterocycles.